The van der Waals surface area contributed by atoms with Gasteiger partial charge in [-0.15, -0.1) is 0 Å². The zero-order valence-corrected chi connectivity index (χ0v) is 16.3. The fourth-order valence-electron chi connectivity index (χ4n) is 3.57. The van der Waals surface area contributed by atoms with E-state index < -0.39 is 18.3 Å². The predicted octanol–water partition coefficient (Wildman–Crippen LogP) is 3.78. The van der Waals surface area contributed by atoms with E-state index in [1.54, 1.807) is 29.2 Å². The standard InChI is InChI=1S/C18H18BrF3N4O2/c19-12-3-1-11(2-4-12)14-9-15(18(20,21)22)26-16(24-14)13(10-23-26)17(27)25-5-7-28-8-6-25/h1-4,10,14-15,24H,5-9H2/t14-,15+/m1/s1. The maximum atomic E-state index is 13.7. The van der Waals surface area contributed by atoms with Crippen LogP contribution in [0.5, 0.6) is 0 Å². The molecule has 0 bridgehead atoms. The summed E-state index contributed by atoms with van der Waals surface area (Å²) in [6.45, 7) is 1.63. The van der Waals surface area contributed by atoms with Gasteiger partial charge < -0.3 is 15.0 Å². The van der Waals surface area contributed by atoms with Crippen LogP contribution in [0, 0.1) is 0 Å². The lowest BCUT2D eigenvalue weighted by Crippen LogP contribution is -2.41. The molecule has 0 spiro atoms. The second kappa shape index (κ2) is 7.40. The van der Waals surface area contributed by atoms with Gasteiger partial charge in [-0.25, -0.2) is 4.68 Å². The van der Waals surface area contributed by atoms with E-state index in [1.807, 2.05) is 0 Å². The van der Waals surface area contributed by atoms with E-state index in [0.717, 1.165) is 14.7 Å². The fourth-order valence-corrected chi connectivity index (χ4v) is 3.83. The third kappa shape index (κ3) is 3.62. The van der Waals surface area contributed by atoms with Crippen LogP contribution in [0.2, 0.25) is 0 Å². The highest BCUT2D eigenvalue weighted by atomic mass is 79.9. The minimum absolute atomic E-state index is 0.109. The molecule has 1 N–H and O–H groups in total. The first-order valence-electron chi connectivity index (χ1n) is 8.88. The molecule has 0 saturated carbocycles. The number of amides is 1. The number of morpholine rings is 1. The van der Waals surface area contributed by atoms with Crippen LogP contribution >= 0.6 is 15.9 Å². The molecule has 6 nitrogen and oxygen atoms in total. The number of aromatic nitrogens is 2. The van der Waals surface area contributed by atoms with Gasteiger partial charge in [0.2, 0.25) is 0 Å². The number of ether oxygens (including phenoxy) is 1. The Morgan fingerprint density at radius 1 is 1.21 bits per heavy atom. The van der Waals surface area contributed by atoms with Crippen molar-refractivity contribution in [1.82, 2.24) is 14.7 Å². The predicted molar refractivity (Wildman–Crippen MR) is 99.2 cm³/mol. The fraction of sp³-hybridized carbons (Fsp3) is 0.444. The van der Waals surface area contributed by atoms with Crippen LogP contribution in [0.15, 0.2) is 34.9 Å². The van der Waals surface area contributed by atoms with Gasteiger partial charge in [-0.1, -0.05) is 28.1 Å². The number of halogens is 4. The molecule has 1 fully saturated rings. The van der Waals surface area contributed by atoms with Crippen LogP contribution in [0.4, 0.5) is 19.0 Å². The van der Waals surface area contributed by atoms with Gasteiger partial charge in [0.1, 0.15) is 11.4 Å². The van der Waals surface area contributed by atoms with Gasteiger partial charge in [0.25, 0.3) is 5.91 Å². The first-order valence-corrected chi connectivity index (χ1v) is 9.67. The first-order chi connectivity index (χ1) is 13.3. The quantitative estimate of drug-likeness (QED) is 0.743. The summed E-state index contributed by atoms with van der Waals surface area (Å²) in [5, 5.41) is 7.02. The Bertz CT molecular complexity index is 863. The average Bonchev–Trinajstić information content (AvgIpc) is 3.11. The van der Waals surface area contributed by atoms with Crippen molar-refractivity contribution in [3.05, 3.63) is 46.1 Å². The number of nitrogens with zero attached hydrogens (tertiary/aromatic N) is 3. The molecule has 2 aromatic rings. The minimum Gasteiger partial charge on any atom is -0.378 e. The van der Waals surface area contributed by atoms with Crippen molar-refractivity contribution < 1.29 is 22.7 Å². The molecule has 1 amide bonds. The monoisotopic (exact) mass is 458 g/mol. The summed E-state index contributed by atoms with van der Waals surface area (Å²) >= 11 is 3.33. The molecule has 1 aromatic heterocycles. The normalized spacial score (nSPS) is 22.5. The molecule has 2 aliphatic rings. The van der Waals surface area contributed by atoms with E-state index in [0.29, 0.717) is 26.3 Å². The van der Waals surface area contributed by atoms with Crippen molar-refractivity contribution in [3.8, 4) is 0 Å². The summed E-state index contributed by atoms with van der Waals surface area (Å²) in [5.41, 5.74) is 0.868. The Kier molecular flexibility index (Phi) is 5.09. The summed E-state index contributed by atoms with van der Waals surface area (Å²) in [4.78, 5) is 14.4. The summed E-state index contributed by atoms with van der Waals surface area (Å²) < 4.78 is 48.2. The minimum atomic E-state index is -4.48. The number of hydrogen-bond donors (Lipinski definition) is 1. The number of hydrogen-bond acceptors (Lipinski definition) is 4. The van der Waals surface area contributed by atoms with Gasteiger partial charge >= 0.3 is 6.18 Å². The van der Waals surface area contributed by atoms with Crippen LogP contribution < -0.4 is 5.32 Å². The van der Waals surface area contributed by atoms with Gasteiger partial charge in [0, 0.05) is 24.0 Å². The Morgan fingerprint density at radius 3 is 2.54 bits per heavy atom. The second-order valence-corrected chi connectivity index (χ2v) is 7.71. The highest BCUT2D eigenvalue weighted by Crippen LogP contribution is 2.44. The Hall–Kier alpha value is -2.07. The van der Waals surface area contributed by atoms with E-state index in [9.17, 15) is 18.0 Å². The van der Waals surface area contributed by atoms with Crippen molar-refractivity contribution in [2.75, 3.05) is 31.6 Å². The Balaban J connectivity index is 1.70. The van der Waals surface area contributed by atoms with Gasteiger partial charge in [0.05, 0.1) is 25.5 Å². The van der Waals surface area contributed by atoms with Crippen LogP contribution in [-0.4, -0.2) is 53.1 Å². The SMILES string of the molecule is O=C(c1cnn2c1N[C@@H](c1ccc(Br)cc1)C[C@H]2C(F)(F)F)N1CCOCC1. The topological polar surface area (TPSA) is 59.4 Å². The van der Waals surface area contributed by atoms with Crippen LogP contribution in [0.1, 0.15) is 34.4 Å². The summed E-state index contributed by atoms with van der Waals surface area (Å²) in [7, 11) is 0. The van der Waals surface area contributed by atoms with Crippen molar-refractivity contribution >= 4 is 27.7 Å². The summed E-state index contributed by atoms with van der Waals surface area (Å²) in [6.07, 6.45) is -3.45. The van der Waals surface area contributed by atoms with Crippen molar-refractivity contribution in [1.29, 1.82) is 0 Å². The largest absolute Gasteiger partial charge is 0.410 e. The van der Waals surface area contributed by atoms with E-state index in [4.69, 9.17) is 4.74 Å². The molecule has 1 saturated heterocycles. The zero-order valence-electron chi connectivity index (χ0n) is 14.7. The van der Waals surface area contributed by atoms with Gasteiger partial charge in [-0.2, -0.15) is 18.3 Å². The van der Waals surface area contributed by atoms with Crippen molar-refractivity contribution in [2.45, 2.75) is 24.7 Å². The molecule has 150 valence electrons. The zero-order chi connectivity index (χ0) is 19.9. The van der Waals surface area contributed by atoms with E-state index in [1.165, 1.54) is 6.20 Å². The van der Waals surface area contributed by atoms with E-state index in [-0.39, 0.29) is 23.7 Å². The Morgan fingerprint density at radius 2 is 1.89 bits per heavy atom. The highest BCUT2D eigenvalue weighted by Gasteiger charge is 2.47. The maximum absolute atomic E-state index is 13.7. The average molecular weight is 459 g/mol. The smallest absolute Gasteiger partial charge is 0.378 e. The van der Waals surface area contributed by atoms with Gasteiger partial charge in [0.15, 0.2) is 6.04 Å². The van der Waals surface area contributed by atoms with Gasteiger partial charge in [-0.05, 0) is 17.7 Å². The molecule has 0 radical (unpaired) electrons. The number of anilines is 1. The molecule has 2 atom stereocenters. The number of carbonyl (C=O) groups is 1. The third-order valence-electron chi connectivity index (χ3n) is 5.04. The molecular formula is C18H18BrF3N4O2. The second-order valence-electron chi connectivity index (χ2n) is 6.80. The molecule has 28 heavy (non-hydrogen) atoms. The molecule has 1 aromatic carbocycles. The lowest BCUT2D eigenvalue weighted by Gasteiger charge is -2.34. The van der Waals surface area contributed by atoms with E-state index >= 15 is 0 Å². The molecular weight excluding hydrogens is 441 g/mol. The molecule has 10 heteroatoms. The number of fused-ring (bicyclic) bond motifs is 1. The molecule has 3 heterocycles. The van der Waals surface area contributed by atoms with E-state index in [2.05, 4.69) is 26.3 Å². The maximum Gasteiger partial charge on any atom is 0.410 e. The van der Waals surface area contributed by atoms with Crippen LogP contribution in [-0.2, 0) is 4.74 Å². The highest BCUT2D eigenvalue weighted by molar-refractivity contribution is 9.10. The van der Waals surface area contributed by atoms with Crippen LogP contribution in [0.25, 0.3) is 0 Å². The Labute approximate surface area is 167 Å². The molecule has 2 aliphatic heterocycles. The number of alkyl halides is 3. The molecule has 0 aliphatic carbocycles. The lowest BCUT2D eigenvalue weighted by molar-refractivity contribution is -0.173. The third-order valence-corrected chi connectivity index (χ3v) is 5.57. The summed E-state index contributed by atoms with van der Waals surface area (Å²) in [6, 6.07) is 4.72. The first kappa shape index (κ1) is 19.3. The number of rotatable bonds is 2. The van der Waals surface area contributed by atoms with Gasteiger partial charge in [-0.3, -0.25) is 4.79 Å². The number of benzene rings is 1. The molecule has 4 rings (SSSR count). The molecule has 0 unspecified atom stereocenters. The lowest BCUT2D eigenvalue weighted by atomic mass is 9.96. The number of nitrogens with one attached hydrogen (secondary N) is 1. The summed E-state index contributed by atoms with van der Waals surface area (Å²) in [5.74, 6) is -0.229. The van der Waals surface area contributed by atoms with Crippen molar-refractivity contribution in [3.63, 3.8) is 0 Å². The number of carbonyl (C=O) groups excluding carboxylic acids is 1. The van der Waals surface area contributed by atoms with Crippen LogP contribution in [0.3, 0.4) is 0 Å². The van der Waals surface area contributed by atoms with Crippen molar-refractivity contribution in [2.24, 2.45) is 0 Å².